The Labute approximate surface area is 91.9 Å². The number of imidazole rings is 1. The normalized spacial score (nSPS) is 10.1. The molecule has 1 heterocycles. The molecule has 0 aliphatic heterocycles. The van der Waals surface area contributed by atoms with Gasteiger partial charge in [-0.3, -0.25) is 9.47 Å². The minimum atomic E-state index is -0.327. The number of hydrogen-bond acceptors (Lipinski definition) is 2. The number of amides is 1. The van der Waals surface area contributed by atoms with Gasteiger partial charge in [0.05, 0.1) is 0 Å². The lowest BCUT2D eigenvalue weighted by Gasteiger charge is -2.16. The molecule has 0 aliphatic rings. The molecule has 0 aliphatic carbocycles. The van der Waals surface area contributed by atoms with Crippen LogP contribution in [0.1, 0.15) is 0 Å². The predicted octanol–water partition coefficient (Wildman–Crippen LogP) is 2.13. The van der Waals surface area contributed by atoms with E-state index in [1.54, 1.807) is 25.4 Å². The molecule has 1 amide bonds. The number of carbonyl (C=O) groups excluding carboxylic acids is 1. The summed E-state index contributed by atoms with van der Waals surface area (Å²) >= 11 is 0. The number of rotatable bonds is 1. The second kappa shape index (κ2) is 4.14. The van der Waals surface area contributed by atoms with Crippen molar-refractivity contribution in [3.63, 3.8) is 0 Å². The van der Waals surface area contributed by atoms with E-state index in [1.807, 2.05) is 0 Å². The molecular formula is C11H10FN3O. The van der Waals surface area contributed by atoms with Gasteiger partial charge in [-0.25, -0.2) is 14.2 Å². The van der Waals surface area contributed by atoms with Gasteiger partial charge < -0.3 is 0 Å². The lowest BCUT2D eigenvalue weighted by atomic mass is 10.3. The largest absolute Gasteiger partial charge is 0.333 e. The van der Waals surface area contributed by atoms with Crippen LogP contribution in [-0.2, 0) is 0 Å². The predicted molar refractivity (Wildman–Crippen MR) is 57.8 cm³/mol. The second-order valence-corrected chi connectivity index (χ2v) is 3.29. The van der Waals surface area contributed by atoms with Crippen LogP contribution in [0.4, 0.5) is 14.9 Å². The van der Waals surface area contributed by atoms with Gasteiger partial charge in [0.25, 0.3) is 0 Å². The Morgan fingerprint density at radius 3 is 2.62 bits per heavy atom. The van der Waals surface area contributed by atoms with Gasteiger partial charge in [-0.1, -0.05) is 0 Å². The zero-order valence-corrected chi connectivity index (χ0v) is 8.67. The van der Waals surface area contributed by atoms with Crippen molar-refractivity contribution in [3.05, 3.63) is 48.8 Å². The molecule has 16 heavy (non-hydrogen) atoms. The Morgan fingerprint density at radius 1 is 1.38 bits per heavy atom. The lowest BCUT2D eigenvalue weighted by Crippen LogP contribution is -2.30. The highest BCUT2D eigenvalue weighted by atomic mass is 19.1. The molecule has 0 saturated carbocycles. The fourth-order valence-electron chi connectivity index (χ4n) is 1.32. The summed E-state index contributed by atoms with van der Waals surface area (Å²) < 4.78 is 14.1. The molecule has 0 unspecified atom stereocenters. The maximum atomic E-state index is 12.7. The SMILES string of the molecule is CN(C(=O)n1ccnc1)c1ccc(F)cc1. The van der Waals surface area contributed by atoms with Crippen molar-refractivity contribution < 1.29 is 9.18 Å². The molecule has 1 aromatic carbocycles. The van der Waals surface area contributed by atoms with Crippen LogP contribution in [0.15, 0.2) is 43.0 Å². The van der Waals surface area contributed by atoms with Gasteiger partial charge in [0.15, 0.2) is 0 Å². The monoisotopic (exact) mass is 219 g/mol. The van der Waals surface area contributed by atoms with E-state index in [9.17, 15) is 9.18 Å². The van der Waals surface area contributed by atoms with Gasteiger partial charge in [-0.05, 0) is 24.3 Å². The molecule has 5 heteroatoms. The molecule has 4 nitrogen and oxygen atoms in total. The molecule has 0 saturated heterocycles. The molecule has 0 atom stereocenters. The third kappa shape index (κ3) is 1.93. The molecule has 2 aromatic rings. The van der Waals surface area contributed by atoms with Crippen molar-refractivity contribution in [2.24, 2.45) is 0 Å². The van der Waals surface area contributed by atoms with Gasteiger partial charge >= 0.3 is 6.03 Å². The topological polar surface area (TPSA) is 38.1 Å². The van der Waals surface area contributed by atoms with Crippen LogP contribution in [0.3, 0.4) is 0 Å². The van der Waals surface area contributed by atoms with Crippen LogP contribution in [0.25, 0.3) is 0 Å². The average molecular weight is 219 g/mol. The van der Waals surface area contributed by atoms with E-state index < -0.39 is 0 Å². The van der Waals surface area contributed by atoms with Gasteiger partial charge in [0.2, 0.25) is 0 Å². The fourth-order valence-corrected chi connectivity index (χ4v) is 1.32. The van der Waals surface area contributed by atoms with Crippen molar-refractivity contribution in [3.8, 4) is 0 Å². The minimum Gasteiger partial charge on any atom is -0.297 e. The Bertz CT molecular complexity index is 478. The van der Waals surface area contributed by atoms with Crippen molar-refractivity contribution in [1.29, 1.82) is 0 Å². The second-order valence-electron chi connectivity index (χ2n) is 3.29. The highest BCUT2D eigenvalue weighted by Crippen LogP contribution is 2.13. The standard InChI is InChI=1S/C11H10FN3O/c1-14(10-4-2-9(12)3-5-10)11(16)15-7-6-13-8-15/h2-8H,1H3. The quantitative estimate of drug-likeness (QED) is 0.736. The molecule has 0 radical (unpaired) electrons. The molecule has 0 spiro atoms. The van der Waals surface area contributed by atoms with Crippen LogP contribution in [-0.4, -0.2) is 22.6 Å². The fraction of sp³-hybridized carbons (Fsp3) is 0.0909. The summed E-state index contributed by atoms with van der Waals surface area (Å²) in [7, 11) is 1.62. The van der Waals surface area contributed by atoms with Crippen LogP contribution in [0, 0.1) is 5.82 Å². The average Bonchev–Trinajstić information content (AvgIpc) is 2.81. The molecular weight excluding hydrogens is 209 g/mol. The van der Waals surface area contributed by atoms with Gasteiger partial charge in [-0.2, -0.15) is 0 Å². The third-order valence-corrected chi connectivity index (χ3v) is 2.23. The van der Waals surface area contributed by atoms with E-state index in [0.717, 1.165) is 0 Å². The highest BCUT2D eigenvalue weighted by Gasteiger charge is 2.11. The zero-order valence-electron chi connectivity index (χ0n) is 8.67. The summed E-state index contributed by atoms with van der Waals surface area (Å²) in [5.41, 5.74) is 0.625. The van der Waals surface area contributed by atoms with Crippen molar-refractivity contribution in [1.82, 2.24) is 9.55 Å². The number of nitrogens with zero attached hydrogens (tertiary/aromatic N) is 3. The van der Waals surface area contributed by atoms with Gasteiger partial charge in [-0.15, -0.1) is 0 Å². The maximum Gasteiger partial charge on any atom is 0.333 e. The van der Waals surface area contributed by atoms with E-state index in [4.69, 9.17) is 0 Å². The summed E-state index contributed by atoms with van der Waals surface area (Å²) in [6.07, 6.45) is 4.50. The summed E-state index contributed by atoms with van der Waals surface area (Å²) in [6, 6.07) is 5.47. The molecule has 0 bridgehead atoms. The first-order valence-corrected chi connectivity index (χ1v) is 4.70. The number of hydrogen-bond donors (Lipinski definition) is 0. The first-order valence-electron chi connectivity index (χ1n) is 4.70. The smallest absolute Gasteiger partial charge is 0.297 e. The Morgan fingerprint density at radius 2 is 2.06 bits per heavy atom. The molecule has 0 fully saturated rings. The molecule has 82 valence electrons. The first kappa shape index (κ1) is 10.4. The van der Waals surface area contributed by atoms with Crippen LogP contribution in [0.5, 0.6) is 0 Å². The van der Waals surface area contributed by atoms with E-state index in [-0.39, 0.29) is 11.8 Å². The van der Waals surface area contributed by atoms with E-state index in [0.29, 0.717) is 5.69 Å². The van der Waals surface area contributed by atoms with E-state index in [2.05, 4.69) is 4.98 Å². The maximum absolute atomic E-state index is 12.7. The van der Waals surface area contributed by atoms with Crippen LogP contribution >= 0.6 is 0 Å². The van der Waals surface area contributed by atoms with Crippen LogP contribution < -0.4 is 4.90 Å². The number of aromatic nitrogens is 2. The number of carbonyl (C=O) groups is 1. The number of anilines is 1. The highest BCUT2D eigenvalue weighted by molar-refractivity contribution is 5.92. The van der Waals surface area contributed by atoms with Crippen LogP contribution in [0.2, 0.25) is 0 Å². The third-order valence-electron chi connectivity index (χ3n) is 2.23. The van der Waals surface area contributed by atoms with Gasteiger partial charge in [0.1, 0.15) is 12.1 Å². The molecule has 2 rings (SSSR count). The molecule has 1 aromatic heterocycles. The van der Waals surface area contributed by atoms with Crippen molar-refractivity contribution in [2.45, 2.75) is 0 Å². The summed E-state index contributed by atoms with van der Waals surface area (Å²) in [6.45, 7) is 0. The minimum absolute atomic E-state index is 0.246. The summed E-state index contributed by atoms with van der Waals surface area (Å²) in [4.78, 5) is 17.1. The lowest BCUT2D eigenvalue weighted by molar-refractivity contribution is 0.249. The first-order chi connectivity index (χ1) is 7.68. The number of halogens is 1. The van der Waals surface area contributed by atoms with Crippen molar-refractivity contribution in [2.75, 3.05) is 11.9 Å². The van der Waals surface area contributed by atoms with E-state index in [1.165, 1.54) is 34.1 Å². The summed E-state index contributed by atoms with van der Waals surface area (Å²) in [5, 5.41) is 0. The Balaban J connectivity index is 2.22. The number of benzene rings is 1. The van der Waals surface area contributed by atoms with Crippen molar-refractivity contribution >= 4 is 11.7 Å². The Kier molecular flexibility index (Phi) is 2.68. The zero-order chi connectivity index (χ0) is 11.5. The van der Waals surface area contributed by atoms with Gasteiger partial charge in [0, 0.05) is 25.1 Å². The van der Waals surface area contributed by atoms with E-state index >= 15 is 0 Å². The Hall–Kier alpha value is -2.17. The summed E-state index contributed by atoms with van der Waals surface area (Å²) in [5.74, 6) is -0.327. The molecule has 0 N–H and O–H groups in total.